The Hall–Kier alpha value is -6.44. The van der Waals surface area contributed by atoms with Gasteiger partial charge < -0.3 is 4.42 Å². The maximum atomic E-state index is 9.67. The summed E-state index contributed by atoms with van der Waals surface area (Å²) in [6.07, 6.45) is 0. The highest BCUT2D eigenvalue weighted by atomic mass is 16.3. The van der Waals surface area contributed by atoms with E-state index in [1.54, 1.807) is 0 Å². The Labute approximate surface area is 297 Å². The van der Waals surface area contributed by atoms with Gasteiger partial charge >= 0.3 is 0 Å². The maximum absolute atomic E-state index is 9.67. The fraction of sp³-hybridized carbons (Fsp3) is 0. The van der Waals surface area contributed by atoms with Crippen molar-refractivity contribution in [3.63, 3.8) is 0 Å². The number of benzene rings is 9. The number of hydrogen-bond acceptors (Lipinski definition) is 1. The largest absolute Gasteiger partial charge is 0.456 e. The lowest BCUT2D eigenvalue weighted by Crippen LogP contribution is -1.92. The highest BCUT2D eigenvalue weighted by molar-refractivity contribution is 6.22. The van der Waals surface area contributed by atoms with Gasteiger partial charge in [-0.1, -0.05) is 152 Å². The molecular weight excluding hydrogens is 593 g/mol. The molecule has 0 unspecified atom stereocenters. The van der Waals surface area contributed by atoms with Gasteiger partial charge in [0.15, 0.2) is 0 Å². The fourth-order valence-electron chi connectivity index (χ4n) is 7.11. The average Bonchev–Trinajstić information content (AvgIpc) is 3.68. The second kappa shape index (κ2) is 11.1. The van der Waals surface area contributed by atoms with Crippen molar-refractivity contribution in [1.29, 1.82) is 0 Å². The Balaban J connectivity index is 1.29. The second-order valence-corrected chi connectivity index (χ2v) is 12.1. The Morgan fingerprint density at radius 1 is 0.367 bits per heavy atom. The predicted molar refractivity (Wildman–Crippen MR) is 208 cm³/mol. The molecule has 0 atom stereocenters. The van der Waals surface area contributed by atoms with Crippen molar-refractivity contribution in [3.8, 4) is 44.5 Å². The summed E-state index contributed by atoms with van der Waals surface area (Å²) >= 11 is 0. The monoisotopic (exact) mass is 631 g/mol. The van der Waals surface area contributed by atoms with E-state index in [-0.39, 0.29) is 68.5 Å². The third-order valence-electron chi connectivity index (χ3n) is 9.29. The van der Waals surface area contributed by atoms with Crippen LogP contribution in [0.1, 0.15) is 12.3 Å². The van der Waals surface area contributed by atoms with Gasteiger partial charge in [0.2, 0.25) is 0 Å². The van der Waals surface area contributed by atoms with Crippen molar-refractivity contribution in [3.05, 3.63) is 182 Å². The molecule has 0 spiro atoms. The van der Waals surface area contributed by atoms with Crippen LogP contribution in [0, 0.1) is 0 Å². The molecule has 0 amide bonds. The van der Waals surface area contributed by atoms with E-state index in [4.69, 9.17) is 12.6 Å². The number of fused-ring (bicyclic) bond motifs is 6. The molecule has 228 valence electrons. The van der Waals surface area contributed by atoms with E-state index in [9.17, 15) is 4.11 Å². The van der Waals surface area contributed by atoms with E-state index in [1.807, 2.05) is 84.9 Å². The molecule has 9 aromatic carbocycles. The second-order valence-electron chi connectivity index (χ2n) is 12.1. The van der Waals surface area contributed by atoms with E-state index >= 15 is 0 Å². The first-order valence-corrected chi connectivity index (χ1v) is 16.1. The normalized spacial score (nSPS) is 14.2. The SMILES string of the molecule is [2H]c1c([2H])c([2H])c2c([2H])c3c(oc4c([2H])c(-c5c6ccccc6c(-c6ccc(-c7ccccc7)c(-c7ccccc7)c6)c6ccccc56)c([2H])c([2H])c43)c([2H])c2c1[2H]. The average molecular weight is 632 g/mol. The summed E-state index contributed by atoms with van der Waals surface area (Å²) in [6.45, 7) is 0. The molecule has 49 heavy (non-hydrogen) atoms. The molecule has 0 N–H and O–H groups in total. The van der Waals surface area contributed by atoms with E-state index < -0.39 is 24.2 Å². The van der Waals surface area contributed by atoms with Crippen molar-refractivity contribution in [2.24, 2.45) is 0 Å². The van der Waals surface area contributed by atoms with Crippen molar-refractivity contribution in [2.75, 3.05) is 0 Å². The van der Waals surface area contributed by atoms with Crippen molar-refractivity contribution < 1.29 is 16.8 Å². The molecule has 0 saturated carbocycles. The molecule has 10 rings (SSSR count). The highest BCUT2D eigenvalue weighted by Crippen LogP contribution is 2.46. The van der Waals surface area contributed by atoms with Crippen LogP contribution in [0.4, 0.5) is 0 Å². The van der Waals surface area contributed by atoms with Gasteiger partial charge in [-0.3, -0.25) is 0 Å². The summed E-state index contributed by atoms with van der Waals surface area (Å²) in [5.41, 5.74) is 6.76. The Morgan fingerprint density at radius 3 is 1.53 bits per heavy atom. The summed E-state index contributed by atoms with van der Waals surface area (Å²) in [4.78, 5) is 0. The Bertz CT molecular complexity index is 3320. The quantitative estimate of drug-likeness (QED) is 0.176. The molecule has 10 aromatic rings. The molecule has 0 aliphatic carbocycles. The standard InChI is InChI=1S/C48H30O/c1-3-13-31(14-4-1)37-25-23-35(28-43(37)32-15-5-2-6-16-32)47-39-19-9-11-21-41(39)48(42-22-12-10-20-40(42)47)36-24-26-38-44-27-33-17-7-8-18-34(33)29-46(44)49-45(38)30-36/h1-30H/i7D,8D,17D,18D,24D,26D,27D,29D,30D. The minimum Gasteiger partial charge on any atom is -0.456 e. The smallest absolute Gasteiger partial charge is 0.136 e. The first-order chi connectivity index (χ1) is 28.1. The summed E-state index contributed by atoms with van der Waals surface area (Å²) < 4.78 is 86.5. The van der Waals surface area contributed by atoms with E-state index in [0.717, 1.165) is 54.9 Å². The first-order valence-electron chi connectivity index (χ1n) is 20.6. The molecule has 0 bridgehead atoms. The van der Waals surface area contributed by atoms with Gasteiger partial charge in [-0.25, -0.2) is 0 Å². The van der Waals surface area contributed by atoms with Crippen LogP contribution in [0.15, 0.2) is 186 Å². The van der Waals surface area contributed by atoms with Crippen LogP contribution in [0.2, 0.25) is 0 Å². The molecule has 1 nitrogen and oxygen atoms in total. The predicted octanol–water partition coefficient (Wildman–Crippen LogP) is 13.7. The molecule has 0 saturated heterocycles. The van der Waals surface area contributed by atoms with Gasteiger partial charge in [-0.05, 0) is 107 Å². The molecule has 1 heterocycles. The lowest BCUT2D eigenvalue weighted by molar-refractivity contribution is 0.669. The van der Waals surface area contributed by atoms with Gasteiger partial charge in [0, 0.05) is 10.8 Å². The van der Waals surface area contributed by atoms with Crippen LogP contribution in [0.3, 0.4) is 0 Å². The third-order valence-corrected chi connectivity index (χ3v) is 9.29. The summed E-state index contributed by atoms with van der Waals surface area (Å²) in [7, 11) is 0. The Kier molecular flexibility index (Phi) is 4.53. The van der Waals surface area contributed by atoms with Crippen LogP contribution in [-0.2, 0) is 0 Å². The van der Waals surface area contributed by atoms with Crippen LogP contribution in [0.25, 0.3) is 98.8 Å². The summed E-state index contributed by atoms with van der Waals surface area (Å²) in [6, 6.07) is 39.3. The lowest BCUT2D eigenvalue weighted by atomic mass is 9.84. The van der Waals surface area contributed by atoms with Gasteiger partial charge in [0.25, 0.3) is 0 Å². The summed E-state index contributed by atoms with van der Waals surface area (Å²) in [5, 5.41) is 2.90. The minimum atomic E-state index is -0.543. The molecular formula is C48H30O. The topological polar surface area (TPSA) is 13.1 Å². The Morgan fingerprint density at radius 2 is 0.898 bits per heavy atom. The molecule has 1 heteroatoms. The van der Waals surface area contributed by atoms with Crippen LogP contribution in [-0.4, -0.2) is 0 Å². The molecule has 0 radical (unpaired) electrons. The third kappa shape index (κ3) is 4.47. The van der Waals surface area contributed by atoms with Gasteiger partial charge in [-0.2, -0.15) is 0 Å². The zero-order valence-electron chi connectivity index (χ0n) is 35.0. The number of furan rings is 1. The van der Waals surface area contributed by atoms with Crippen molar-refractivity contribution >= 4 is 54.3 Å². The van der Waals surface area contributed by atoms with Crippen molar-refractivity contribution in [2.45, 2.75) is 0 Å². The maximum Gasteiger partial charge on any atom is 0.136 e. The first kappa shape index (κ1) is 20.0. The van der Waals surface area contributed by atoms with Gasteiger partial charge in [-0.15, -0.1) is 0 Å². The number of rotatable bonds is 4. The van der Waals surface area contributed by atoms with E-state index in [2.05, 4.69) is 42.5 Å². The van der Waals surface area contributed by atoms with Crippen LogP contribution in [0.5, 0.6) is 0 Å². The van der Waals surface area contributed by atoms with Gasteiger partial charge in [0.05, 0.1) is 12.3 Å². The fourth-order valence-corrected chi connectivity index (χ4v) is 7.11. The zero-order chi connectivity index (χ0) is 40.1. The molecule has 0 fully saturated rings. The lowest BCUT2D eigenvalue weighted by Gasteiger charge is -2.19. The van der Waals surface area contributed by atoms with Gasteiger partial charge in [0.1, 0.15) is 11.2 Å². The summed E-state index contributed by atoms with van der Waals surface area (Å²) in [5.74, 6) is 0. The van der Waals surface area contributed by atoms with E-state index in [0.29, 0.717) is 5.56 Å². The van der Waals surface area contributed by atoms with Crippen LogP contribution < -0.4 is 0 Å². The highest BCUT2D eigenvalue weighted by Gasteiger charge is 2.19. The molecule has 0 aliphatic rings. The molecule has 0 aliphatic heterocycles. The molecule has 1 aromatic heterocycles. The zero-order valence-corrected chi connectivity index (χ0v) is 26.0. The van der Waals surface area contributed by atoms with Crippen molar-refractivity contribution in [1.82, 2.24) is 0 Å². The number of hydrogen-bond donors (Lipinski definition) is 0. The van der Waals surface area contributed by atoms with E-state index in [1.165, 1.54) is 0 Å². The van der Waals surface area contributed by atoms with Crippen LogP contribution >= 0.6 is 0 Å². The minimum absolute atomic E-state index is 0.0151.